The Hall–Kier alpha value is -2.25. The van der Waals surface area contributed by atoms with Gasteiger partial charge < -0.3 is 10.1 Å². The van der Waals surface area contributed by atoms with Crippen LogP contribution < -0.4 is 10.1 Å². The van der Waals surface area contributed by atoms with Gasteiger partial charge in [0.1, 0.15) is 6.04 Å². The van der Waals surface area contributed by atoms with Crippen molar-refractivity contribution in [3.63, 3.8) is 0 Å². The van der Waals surface area contributed by atoms with E-state index in [4.69, 9.17) is 0 Å². The van der Waals surface area contributed by atoms with Crippen molar-refractivity contribution >= 4 is 17.5 Å². The van der Waals surface area contributed by atoms with Gasteiger partial charge in [0.2, 0.25) is 5.91 Å². The number of likely N-dealkylation sites (N-methyl/N-ethyl adjacent to an activating group) is 1. The molecule has 0 aliphatic carbocycles. The number of amides is 2. The fourth-order valence-electron chi connectivity index (χ4n) is 2.11. The maximum Gasteiger partial charge on any atom is 0.387 e. The van der Waals surface area contributed by atoms with Gasteiger partial charge >= 0.3 is 6.61 Å². The molecule has 1 saturated heterocycles. The number of imide groups is 1. The topological polar surface area (TPSA) is 58.6 Å². The van der Waals surface area contributed by atoms with Crippen LogP contribution in [0.25, 0.3) is 0 Å². The SMILES string of the molecule is CCN1C(=O)CC(Nc2ccc(OC(F)F)c(F)c2)C1=O. The first-order valence-electron chi connectivity index (χ1n) is 6.27. The summed E-state index contributed by atoms with van der Waals surface area (Å²) < 4.78 is 41.5. The third kappa shape index (κ3) is 3.26. The molecule has 8 heteroatoms. The molecule has 0 bridgehead atoms. The largest absolute Gasteiger partial charge is 0.432 e. The zero-order valence-electron chi connectivity index (χ0n) is 11.1. The molecule has 114 valence electrons. The van der Waals surface area contributed by atoms with Crippen molar-refractivity contribution in [2.75, 3.05) is 11.9 Å². The summed E-state index contributed by atoms with van der Waals surface area (Å²) in [4.78, 5) is 24.5. The quantitative estimate of drug-likeness (QED) is 0.845. The minimum absolute atomic E-state index is 0.0242. The van der Waals surface area contributed by atoms with Crippen molar-refractivity contribution in [2.45, 2.75) is 26.0 Å². The second-order valence-corrected chi connectivity index (χ2v) is 4.40. The number of benzene rings is 1. The standard InChI is InChI=1S/C13H13F3N2O3/c1-2-18-11(19)6-9(12(18)20)17-7-3-4-10(8(14)5-7)21-13(15)16/h3-5,9,13,17H,2,6H2,1H3. The fraction of sp³-hybridized carbons (Fsp3) is 0.385. The van der Waals surface area contributed by atoms with Crippen molar-refractivity contribution in [2.24, 2.45) is 0 Å². The third-order valence-electron chi connectivity index (χ3n) is 3.05. The molecule has 1 N–H and O–H groups in total. The lowest BCUT2D eigenvalue weighted by Crippen LogP contribution is -2.34. The van der Waals surface area contributed by atoms with E-state index in [1.165, 1.54) is 6.07 Å². The highest BCUT2D eigenvalue weighted by molar-refractivity contribution is 6.06. The lowest BCUT2D eigenvalue weighted by Gasteiger charge is -2.14. The molecule has 0 saturated carbocycles. The Bertz CT molecular complexity index is 566. The minimum atomic E-state index is -3.12. The average molecular weight is 302 g/mol. The van der Waals surface area contributed by atoms with Crippen LogP contribution in [0.1, 0.15) is 13.3 Å². The van der Waals surface area contributed by atoms with E-state index in [0.29, 0.717) is 0 Å². The van der Waals surface area contributed by atoms with Crippen LogP contribution in [0.3, 0.4) is 0 Å². The second kappa shape index (κ2) is 6.02. The summed E-state index contributed by atoms with van der Waals surface area (Å²) in [6.07, 6.45) is -0.0242. The molecule has 1 atom stereocenters. The molecule has 0 radical (unpaired) electrons. The van der Waals surface area contributed by atoms with Crippen molar-refractivity contribution in [3.05, 3.63) is 24.0 Å². The number of halogens is 3. The molecule has 1 aliphatic rings. The van der Waals surface area contributed by atoms with Crippen LogP contribution in [0.2, 0.25) is 0 Å². The molecule has 2 amide bonds. The van der Waals surface area contributed by atoms with Gasteiger partial charge in [0.05, 0.1) is 6.42 Å². The molecule has 1 heterocycles. The zero-order chi connectivity index (χ0) is 15.6. The number of ether oxygens (including phenoxy) is 1. The van der Waals surface area contributed by atoms with Crippen LogP contribution in [0.5, 0.6) is 5.75 Å². The van der Waals surface area contributed by atoms with Gasteiger partial charge in [0.15, 0.2) is 11.6 Å². The molecule has 0 spiro atoms. The number of carbonyl (C=O) groups is 2. The second-order valence-electron chi connectivity index (χ2n) is 4.40. The number of hydrogen-bond acceptors (Lipinski definition) is 4. The van der Waals surface area contributed by atoms with Gasteiger partial charge in [-0.3, -0.25) is 14.5 Å². The van der Waals surface area contributed by atoms with E-state index in [9.17, 15) is 22.8 Å². The smallest absolute Gasteiger partial charge is 0.387 e. The van der Waals surface area contributed by atoms with E-state index in [1.807, 2.05) is 0 Å². The number of nitrogens with zero attached hydrogens (tertiary/aromatic N) is 1. The number of anilines is 1. The summed E-state index contributed by atoms with van der Waals surface area (Å²) in [5.41, 5.74) is 0.207. The molecular formula is C13H13F3N2O3. The van der Waals surface area contributed by atoms with E-state index in [-0.39, 0.29) is 24.6 Å². The summed E-state index contributed by atoms with van der Waals surface area (Å²) in [5, 5.41) is 2.71. The highest BCUT2D eigenvalue weighted by atomic mass is 19.3. The number of carbonyl (C=O) groups excluding carboxylic acids is 2. The molecular weight excluding hydrogens is 289 g/mol. The molecule has 5 nitrogen and oxygen atoms in total. The molecule has 1 unspecified atom stereocenters. The van der Waals surface area contributed by atoms with Crippen LogP contribution in [0, 0.1) is 5.82 Å². The van der Waals surface area contributed by atoms with Gasteiger partial charge in [-0.05, 0) is 19.1 Å². The summed E-state index contributed by atoms with van der Waals surface area (Å²) in [6, 6.07) is 2.48. The lowest BCUT2D eigenvalue weighted by molar-refractivity contribution is -0.138. The maximum atomic E-state index is 13.5. The Morgan fingerprint density at radius 1 is 1.43 bits per heavy atom. The molecule has 2 rings (SSSR count). The van der Waals surface area contributed by atoms with Crippen LogP contribution in [0.15, 0.2) is 18.2 Å². The fourth-order valence-corrected chi connectivity index (χ4v) is 2.11. The van der Waals surface area contributed by atoms with Gasteiger partial charge in [0.25, 0.3) is 5.91 Å². The zero-order valence-corrected chi connectivity index (χ0v) is 11.1. The van der Waals surface area contributed by atoms with Crippen LogP contribution in [0.4, 0.5) is 18.9 Å². The van der Waals surface area contributed by atoms with E-state index in [0.717, 1.165) is 17.0 Å². The predicted octanol–water partition coefficient (Wildman–Crippen LogP) is 1.99. The van der Waals surface area contributed by atoms with Crippen molar-refractivity contribution < 1.29 is 27.5 Å². The Morgan fingerprint density at radius 2 is 2.14 bits per heavy atom. The van der Waals surface area contributed by atoms with E-state index in [2.05, 4.69) is 10.1 Å². The normalized spacial score (nSPS) is 18.5. The van der Waals surface area contributed by atoms with Crippen molar-refractivity contribution in [3.8, 4) is 5.75 Å². The highest BCUT2D eigenvalue weighted by Gasteiger charge is 2.37. The van der Waals surface area contributed by atoms with Crippen molar-refractivity contribution in [1.82, 2.24) is 4.90 Å². The first-order valence-corrected chi connectivity index (χ1v) is 6.27. The van der Waals surface area contributed by atoms with Crippen LogP contribution >= 0.6 is 0 Å². The lowest BCUT2D eigenvalue weighted by atomic mass is 10.2. The van der Waals surface area contributed by atoms with Crippen LogP contribution in [-0.4, -0.2) is 35.9 Å². The van der Waals surface area contributed by atoms with Gasteiger partial charge in [0, 0.05) is 18.3 Å². The third-order valence-corrected chi connectivity index (χ3v) is 3.05. The number of nitrogens with one attached hydrogen (secondary N) is 1. The maximum absolute atomic E-state index is 13.5. The molecule has 21 heavy (non-hydrogen) atoms. The van der Waals surface area contributed by atoms with E-state index in [1.54, 1.807) is 6.92 Å². The monoisotopic (exact) mass is 302 g/mol. The molecule has 1 aromatic rings. The molecule has 1 fully saturated rings. The predicted molar refractivity (Wildman–Crippen MR) is 67.5 cm³/mol. The number of alkyl halides is 2. The average Bonchev–Trinajstić information content (AvgIpc) is 2.67. The first-order chi connectivity index (χ1) is 9.92. The van der Waals surface area contributed by atoms with Gasteiger partial charge in [-0.25, -0.2) is 4.39 Å². The number of likely N-dealkylation sites (tertiary alicyclic amines) is 1. The number of hydrogen-bond donors (Lipinski definition) is 1. The molecule has 1 aromatic carbocycles. The van der Waals surface area contributed by atoms with E-state index < -0.39 is 30.1 Å². The summed E-state index contributed by atoms with van der Waals surface area (Å²) in [5.74, 6) is -2.27. The van der Waals surface area contributed by atoms with Crippen molar-refractivity contribution in [1.29, 1.82) is 0 Å². The highest BCUT2D eigenvalue weighted by Crippen LogP contribution is 2.25. The first kappa shape index (κ1) is 15.1. The van der Waals surface area contributed by atoms with Gasteiger partial charge in [-0.2, -0.15) is 8.78 Å². The Balaban J connectivity index is 2.09. The summed E-state index contributed by atoms with van der Waals surface area (Å²) in [7, 11) is 0. The van der Waals surface area contributed by atoms with E-state index >= 15 is 0 Å². The van der Waals surface area contributed by atoms with Gasteiger partial charge in [-0.15, -0.1) is 0 Å². The molecule has 0 aromatic heterocycles. The Kier molecular flexibility index (Phi) is 4.35. The minimum Gasteiger partial charge on any atom is -0.432 e. The summed E-state index contributed by atoms with van der Waals surface area (Å²) in [6.45, 7) is -1.18. The Morgan fingerprint density at radius 3 is 2.67 bits per heavy atom. The molecule has 1 aliphatic heterocycles. The Labute approximate surface area is 118 Å². The summed E-state index contributed by atoms with van der Waals surface area (Å²) >= 11 is 0. The van der Waals surface area contributed by atoms with Gasteiger partial charge in [-0.1, -0.05) is 0 Å². The van der Waals surface area contributed by atoms with Crippen LogP contribution in [-0.2, 0) is 9.59 Å². The number of rotatable bonds is 5.